The number of likely N-dealkylation sites (tertiary alicyclic amines) is 1. The van der Waals surface area contributed by atoms with Gasteiger partial charge in [-0.1, -0.05) is 0 Å². The van der Waals surface area contributed by atoms with Crippen LogP contribution in [0.3, 0.4) is 0 Å². The molecule has 2 rings (SSSR count). The quantitative estimate of drug-likeness (QED) is 0.746. The molecule has 1 amide bonds. The van der Waals surface area contributed by atoms with Gasteiger partial charge in [0.1, 0.15) is 4.88 Å². The molecule has 1 aromatic rings. The molecular formula is C11H13N3OS. The number of hydrogen-bond acceptors (Lipinski definition) is 4. The van der Waals surface area contributed by atoms with E-state index in [4.69, 9.17) is 5.26 Å². The van der Waals surface area contributed by atoms with Crippen molar-refractivity contribution in [3.05, 3.63) is 16.1 Å². The molecule has 0 bridgehead atoms. The van der Waals surface area contributed by atoms with E-state index in [0.29, 0.717) is 13.1 Å². The average Bonchev–Trinajstić information content (AvgIpc) is 2.75. The Labute approximate surface area is 98.5 Å². The fourth-order valence-corrected chi connectivity index (χ4v) is 2.63. The Morgan fingerprint density at radius 3 is 2.81 bits per heavy atom. The molecule has 5 heteroatoms. The highest BCUT2D eigenvalue weighted by molar-refractivity contribution is 7.11. The van der Waals surface area contributed by atoms with Gasteiger partial charge in [-0.2, -0.15) is 5.26 Å². The molecule has 1 saturated heterocycles. The van der Waals surface area contributed by atoms with Crippen molar-refractivity contribution in [1.82, 2.24) is 9.88 Å². The molecular weight excluding hydrogens is 222 g/mol. The highest BCUT2D eigenvalue weighted by atomic mass is 32.1. The van der Waals surface area contributed by atoms with Gasteiger partial charge in [-0.15, -0.1) is 11.3 Å². The summed E-state index contributed by atoms with van der Waals surface area (Å²) in [5, 5.41) is 8.78. The zero-order valence-corrected chi connectivity index (χ0v) is 9.96. The van der Waals surface area contributed by atoms with Crippen LogP contribution in [0, 0.1) is 24.2 Å². The van der Waals surface area contributed by atoms with Crippen LogP contribution in [0.1, 0.15) is 28.2 Å². The van der Waals surface area contributed by atoms with Gasteiger partial charge < -0.3 is 4.90 Å². The van der Waals surface area contributed by atoms with Crippen LogP contribution in [-0.2, 0) is 0 Å². The van der Waals surface area contributed by atoms with Crippen molar-refractivity contribution >= 4 is 17.2 Å². The number of rotatable bonds is 1. The molecule has 1 fully saturated rings. The number of amides is 1. The third kappa shape index (κ3) is 2.07. The Morgan fingerprint density at radius 2 is 2.31 bits per heavy atom. The minimum absolute atomic E-state index is 0.0661. The first-order chi connectivity index (χ1) is 7.72. The predicted molar refractivity (Wildman–Crippen MR) is 61.1 cm³/mol. The monoisotopic (exact) mass is 235 g/mol. The van der Waals surface area contributed by atoms with Crippen LogP contribution in [0.25, 0.3) is 0 Å². The number of thiazole rings is 1. The van der Waals surface area contributed by atoms with Gasteiger partial charge in [0.15, 0.2) is 0 Å². The molecule has 1 aromatic heterocycles. The van der Waals surface area contributed by atoms with Gasteiger partial charge in [-0.3, -0.25) is 4.79 Å². The minimum atomic E-state index is 0.0661. The van der Waals surface area contributed by atoms with Crippen LogP contribution in [0.5, 0.6) is 0 Å². The summed E-state index contributed by atoms with van der Waals surface area (Å²) in [5.74, 6) is 0.183. The van der Waals surface area contributed by atoms with Crippen LogP contribution in [-0.4, -0.2) is 28.9 Å². The summed E-state index contributed by atoms with van der Waals surface area (Å²) in [6.45, 7) is 3.23. The van der Waals surface area contributed by atoms with Crippen LogP contribution in [0.15, 0.2) is 5.51 Å². The molecule has 0 unspecified atom stereocenters. The Bertz CT molecular complexity index is 427. The number of aromatic nitrogens is 1. The highest BCUT2D eigenvalue weighted by Gasteiger charge is 2.25. The number of hydrogen-bond donors (Lipinski definition) is 0. The highest BCUT2D eigenvalue weighted by Crippen LogP contribution is 2.21. The Kier molecular flexibility index (Phi) is 3.20. The molecule has 0 aliphatic carbocycles. The van der Waals surface area contributed by atoms with Crippen LogP contribution < -0.4 is 0 Å². The lowest BCUT2D eigenvalue weighted by atomic mass is 9.98. The van der Waals surface area contributed by atoms with Crippen molar-refractivity contribution < 1.29 is 4.79 Å². The van der Waals surface area contributed by atoms with E-state index < -0.39 is 0 Å². The molecule has 0 N–H and O–H groups in total. The fourth-order valence-electron chi connectivity index (χ4n) is 1.86. The summed E-state index contributed by atoms with van der Waals surface area (Å²) >= 11 is 1.39. The number of nitrogens with zero attached hydrogens (tertiary/aromatic N) is 3. The summed E-state index contributed by atoms with van der Waals surface area (Å²) in [4.78, 5) is 18.7. The van der Waals surface area contributed by atoms with Gasteiger partial charge >= 0.3 is 0 Å². The topological polar surface area (TPSA) is 57.0 Å². The molecule has 0 aromatic carbocycles. The van der Waals surface area contributed by atoms with Crippen molar-refractivity contribution in [3.8, 4) is 6.07 Å². The van der Waals surface area contributed by atoms with Crippen LogP contribution in [0.2, 0.25) is 0 Å². The van der Waals surface area contributed by atoms with Crippen LogP contribution >= 0.6 is 11.3 Å². The second kappa shape index (κ2) is 4.62. The SMILES string of the molecule is Cc1ncsc1C(=O)N1CCC(C#N)CC1. The third-order valence-electron chi connectivity index (χ3n) is 2.90. The second-order valence-electron chi connectivity index (χ2n) is 3.96. The van der Waals surface area contributed by atoms with E-state index in [1.807, 2.05) is 11.8 Å². The number of nitriles is 1. The summed E-state index contributed by atoms with van der Waals surface area (Å²) in [6, 6.07) is 2.26. The normalized spacial score (nSPS) is 17.1. The van der Waals surface area contributed by atoms with Gasteiger partial charge in [0, 0.05) is 19.0 Å². The zero-order valence-electron chi connectivity index (χ0n) is 9.14. The van der Waals surface area contributed by atoms with Crippen molar-refractivity contribution in [1.29, 1.82) is 5.26 Å². The molecule has 1 aliphatic heterocycles. The van der Waals surface area contributed by atoms with Gasteiger partial charge in [0.2, 0.25) is 0 Å². The third-order valence-corrected chi connectivity index (χ3v) is 3.82. The fraction of sp³-hybridized carbons (Fsp3) is 0.545. The number of carbonyl (C=O) groups is 1. The van der Waals surface area contributed by atoms with E-state index in [1.54, 1.807) is 5.51 Å². The Hall–Kier alpha value is -1.41. The van der Waals surface area contributed by atoms with E-state index in [0.717, 1.165) is 23.4 Å². The lowest BCUT2D eigenvalue weighted by molar-refractivity contribution is 0.0711. The lowest BCUT2D eigenvalue weighted by Crippen LogP contribution is -2.38. The summed E-state index contributed by atoms with van der Waals surface area (Å²) < 4.78 is 0. The molecule has 0 radical (unpaired) electrons. The molecule has 0 atom stereocenters. The van der Waals surface area contributed by atoms with E-state index in [1.165, 1.54) is 11.3 Å². The van der Waals surface area contributed by atoms with E-state index in [-0.39, 0.29) is 11.8 Å². The smallest absolute Gasteiger partial charge is 0.265 e. The Morgan fingerprint density at radius 1 is 1.62 bits per heavy atom. The predicted octanol–water partition coefficient (Wildman–Crippen LogP) is 1.83. The first kappa shape index (κ1) is 11.1. The maximum absolute atomic E-state index is 12.1. The maximum atomic E-state index is 12.1. The molecule has 1 aliphatic rings. The van der Waals surface area contributed by atoms with E-state index >= 15 is 0 Å². The first-order valence-electron chi connectivity index (χ1n) is 5.31. The summed E-state index contributed by atoms with van der Waals surface area (Å²) in [6.07, 6.45) is 1.58. The molecule has 2 heterocycles. The van der Waals surface area contributed by atoms with E-state index in [9.17, 15) is 4.79 Å². The van der Waals surface area contributed by atoms with Gasteiger partial charge in [0.05, 0.1) is 17.3 Å². The summed E-state index contributed by atoms with van der Waals surface area (Å²) in [7, 11) is 0. The lowest BCUT2D eigenvalue weighted by Gasteiger charge is -2.28. The largest absolute Gasteiger partial charge is 0.338 e. The number of carbonyl (C=O) groups excluding carboxylic acids is 1. The summed E-state index contributed by atoms with van der Waals surface area (Å²) in [5.41, 5.74) is 2.50. The number of aryl methyl sites for hydroxylation is 1. The van der Waals surface area contributed by atoms with Crippen molar-refractivity contribution in [2.75, 3.05) is 13.1 Å². The Balaban J connectivity index is 2.03. The molecule has 0 spiro atoms. The molecule has 0 saturated carbocycles. The number of piperidine rings is 1. The standard InChI is InChI=1S/C11H13N3OS/c1-8-10(16-7-13-8)11(15)14-4-2-9(6-12)3-5-14/h7,9H,2-5H2,1H3. The molecule has 4 nitrogen and oxygen atoms in total. The van der Waals surface area contributed by atoms with Crippen LogP contribution in [0.4, 0.5) is 0 Å². The zero-order chi connectivity index (χ0) is 11.5. The minimum Gasteiger partial charge on any atom is -0.338 e. The second-order valence-corrected chi connectivity index (χ2v) is 4.82. The van der Waals surface area contributed by atoms with Gasteiger partial charge in [0.25, 0.3) is 5.91 Å². The molecule has 84 valence electrons. The van der Waals surface area contributed by atoms with E-state index in [2.05, 4.69) is 11.1 Å². The van der Waals surface area contributed by atoms with Crippen molar-refractivity contribution in [3.63, 3.8) is 0 Å². The van der Waals surface area contributed by atoms with Crippen molar-refractivity contribution in [2.24, 2.45) is 5.92 Å². The molecule has 16 heavy (non-hydrogen) atoms. The maximum Gasteiger partial charge on any atom is 0.265 e. The first-order valence-corrected chi connectivity index (χ1v) is 6.19. The van der Waals surface area contributed by atoms with Gasteiger partial charge in [-0.25, -0.2) is 4.98 Å². The van der Waals surface area contributed by atoms with Gasteiger partial charge in [-0.05, 0) is 19.8 Å². The van der Waals surface area contributed by atoms with Crippen molar-refractivity contribution in [2.45, 2.75) is 19.8 Å². The average molecular weight is 235 g/mol.